The summed E-state index contributed by atoms with van der Waals surface area (Å²) in [5.74, 6) is -1.20. The summed E-state index contributed by atoms with van der Waals surface area (Å²) in [6.45, 7) is 0. The highest BCUT2D eigenvalue weighted by molar-refractivity contribution is 5.91. The SMILES string of the molecule is O=C([O-])/C=C/c1ccnc2ccccc12. The van der Waals surface area contributed by atoms with E-state index in [9.17, 15) is 9.90 Å². The van der Waals surface area contributed by atoms with Crippen LogP contribution < -0.4 is 5.11 Å². The largest absolute Gasteiger partial charge is 0.545 e. The van der Waals surface area contributed by atoms with Gasteiger partial charge in [0.1, 0.15) is 0 Å². The summed E-state index contributed by atoms with van der Waals surface area (Å²) in [6, 6.07) is 9.33. The maximum absolute atomic E-state index is 10.3. The van der Waals surface area contributed by atoms with Gasteiger partial charge in [0.05, 0.1) is 11.5 Å². The number of rotatable bonds is 2. The maximum atomic E-state index is 10.3. The quantitative estimate of drug-likeness (QED) is 0.676. The van der Waals surface area contributed by atoms with Gasteiger partial charge < -0.3 is 9.90 Å². The van der Waals surface area contributed by atoms with Crippen LogP contribution in [0.3, 0.4) is 0 Å². The number of pyridine rings is 1. The molecule has 15 heavy (non-hydrogen) atoms. The van der Waals surface area contributed by atoms with Crippen LogP contribution in [0.1, 0.15) is 5.56 Å². The van der Waals surface area contributed by atoms with E-state index in [-0.39, 0.29) is 0 Å². The second kappa shape index (κ2) is 3.92. The lowest BCUT2D eigenvalue weighted by Gasteiger charge is -2.00. The molecule has 74 valence electrons. The van der Waals surface area contributed by atoms with Gasteiger partial charge in [-0.1, -0.05) is 24.3 Å². The number of hydrogen-bond donors (Lipinski definition) is 0. The molecule has 2 aromatic rings. The Morgan fingerprint density at radius 2 is 2.07 bits per heavy atom. The van der Waals surface area contributed by atoms with Gasteiger partial charge in [0.15, 0.2) is 0 Å². The fourth-order valence-electron chi connectivity index (χ4n) is 1.42. The molecule has 0 radical (unpaired) electrons. The average Bonchev–Trinajstić information content (AvgIpc) is 2.26. The van der Waals surface area contributed by atoms with Crippen molar-refractivity contribution in [1.29, 1.82) is 0 Å². The van der Waals surface area contributed by atoms with Gasteiger partial charge in [-0.3, -0.25) is 4.98 Å². The van der Waals surface area contributed by atoms with Crippen molar-refractivity contribution in [3.63, 3.8) is 0 Å². The monoisotopic (exact) mass is 198 g/mol. The number of fused-ring (bicyclic) bond motifs is 1. The number of benzene rings is 1. The minimum atomic E-state index is -1.20. The fraction of sp³-hybridized carbons (Fsp3) is 0. The van der Waals surface area contributed by atoms with E-state index >= 15 is 0 Å². The predicted octanol–water partition coefficient (Wildman–Crippen LogP) is 0.998. The zero-order valence-corrected chi connectivity index (χ0v) is 7.88. The van der Waals surface area contributed by atoms with Crippen molar-refractivity contribution in [2.24, 2.45) is 0 Å². The summed E-state index contributed by atoms with van der Waals surface area (Å²) in [5, 5.41) is 11.2. The van der Waals surface area contributed by atoms with E-state index in [4.69, 9.17) is 0 Å². The highest BCUT2D eigenvalue weighted by Gasteiger charge is 1.96. The number of aliphatic carboxylic acids is 1. The zero-order valence-electron chi connectivity index (χ0n) is 7.88. The first-order valence-electron chi connectivity index (χ1n) is 4.50. The van der Waals surface area contributed by atoms with Crippen molar-refractivity contribution in [3.05, 3.63) is 48.2 Å². The molecule has 1 aromatic heterocycles. The predicted molar refractivity (Wildman–Crippen MR) is 55.8 cm³/mol. The lowest BCUT2D eigenvalue weighted by Crippen LogP contribution is -2.18. The third-order valence-electron chi connectivity index (χ3n) is 2.08. The molecule has 0 saturated heterocycles. The molecule has 0 N–H and O–H groups in total. The number of carbonyl (C=O) groups excluding carboxylic acids is 1. The Morgan fingerprint density at radius 3 is 2.87 bits per heavy atom. The first kappa shape index (κ1) is 9.40. The Labute approximate surface area is 86.7 Å². The van der Waals surface area contributed by atoms with E-state index in [0.717, 1.165) is 22.5 Å². The summed E-state index contributed by atoms with van der Waals surface area (Å²) in [5.41, 5.74) is 1.67. The molecule has 0 aliphatic heterocycles. The molecule has 1 heterocycles. The molecule has 0 unspecified atom stereocenters. The molecule has 0 aliphatic rings. The van der Waals surface area contributed by atoms with E-state index < -0.39 is 5.97 Å². The number of nitrogens with zero attached hydrogens (tertiary/aromatic N) is 1. The Morgan fingerprint density at radius 1 is 1.27 bits per heavy atom. The molecule has 0 bridgehead atoms. The van der Waals surface area contributed by atoms with Crippen molar-refractivity contribution in [2.45, 2.75) is 0 Å². The van der Waals surface area contributed by atoms with Crippen LogP contribution in [0.4, 0.5) is 0 Å². The van der Waals surface area contributed by atoms with Crippen LogP contribution >= 0.6 is 0 Å². The van der Waals surface area contributed by atoms with Crippen LogP contribution in [-0.4, -0.2) is 11.0 Å². The summed E-state index contributed by atoms with van der Waals surface area (Å²) in [6.07, 6.45) is 4.18. The topological polar surface area (TPSA) is 53.0 Å². The van der Waals surface area contributed by atoms with Crippen molar-refractivity contribution >= 4 is 22.9 Å². The van der Waals surface area contributed by atoms with Gasteiger partial charge in [0.2, 0.25) is 0 Å². The van der Waals surface area contributed by atoms with Crippen LogP contribution in [0.5, 0.6) is 0 Å². The maximum Gasteiger partial charge on any atom is 0.0707 e. The van der Waals surface area contributed by atoms with Gasteiger partial charge >= 0.3 is 0 Å². The fourth-order valence-corrected chi connectivity index (χ4v) is 1.42. The second-order valence-electron chi connectivity index (χ2n) is 3.07. The van der Waals surface area contributed by atoms with E-state index in [2.05, 4.69) is 4.98 Å². The molecule has 0 fully saturated rings. The minimum absolute atomic E-state index is 0.824. The normalized spacial score (nSPS) is 10.9. The van der Waals surface area contributed by atoms with Crippen LogP contribution in [0, 0.1) is 0 Å². The number of carboxylic acid groups (broad SMARTS) is 1. The molecule has 0 spiro atoms. The van der Waals surface area contributed by atoms with Crippen LogP contribution in [-0.2, 0) is 4.79 Å². The Bertz CT molecular complexity index is 527. The lowest BCUT2D eigenvalue weighted by atomic mass is 10.1. The van der Waals surface area contributed by atoms with Crippen molar-refractivity contribution in [2.75, 3.05) is 0 Å². The Hall–Kier alpha value is -2.16. The van der Waals surface area contributed by atoms with Crippen molar-refractivity contribution in [3.8, 4) is 0 Å². The molecule has 0 aliphatic carbocycles. The molecule has 0 amide bonds. The van der Waals surface area contributed by atoms with Crippen molar-refractivity contribution < 1.29 is 9.90 Å². The molecular formula is C12H8NO2-. The standard InChI is InChI=1S/C12H9NO2/c14-12(15)6-5-9-7-8-13-11-4-2-1-3-10(9)11/h1-8H,(H,14,15)/p-1/b6-5+. The minimum Gasteiger partial charge on any atom is -0.545 e. The number of aromatic nitrogens is 1. The number of hydrogen-bond acceptors (Lipinski definition) is 3. The molecule has 3 heteroatoms. The zero-order chi connectivity index (χ0) is 10.7. The molecule has 0 saturated carbocycles. The molecule has 2 rings (SSSR count). The summed E-state index contributed by atoms with van der Waals surface area (Å²) in [7, 11) is 0. The molecular weight excluding hydrogens is 190 g/mol. The van der Waals surface area contributed by atoms with Gasteiger partial charge in [-0.15, -0.1) is 0 Å². The van der Waals surface area contributed by atoms with E-state index in [1.807, 2.05) is 24.3 Å². The smallest absolute Gasteiger partial charge is 0.0707 e. The van der Waals surface area contributed by atoms with Gasteiger partial charge in [0, 0.05) is 11.6 Å². The van der Waals surface area contributed by atoms with E-state index in [1.165, 1.54) is 6.08 Å². The highest BCUT2D eigenvalue weighted by Crippen LogP contribution is 2.16. The molecule has 0 atom stereocenters. The second-order valence-corrected chi connectivity index (χ2v) is 3.07. The summed E-state index contributed by atoms with van der Waals surface area (Å²) in [4.78, 5) is 14.5. The van der Waals surface area contributed by atoms with Crippen LogP contribution in [0.15, 0.2) is 42.6 Å². The van der Waals surface area contributed by atoms with Gasteiger partial charge in [-0.05, 0) is 23.8 Å². The third kappa shape index (κ3) is 2.02. The average molecular weight is 198 g/mol. The van der Waals surface area contributed by atoms with E-state index in [0.29, 0.717) is 0 Å². The van der Waals surface area contributed by atoms with Gasteiger partial charge in [0.25, 0.3) is 0 Å². The lowest BCUT2D eigenvalue weighted by molar-refractivity contribution is -0.297. The molecule has 1 aromatic carbocycles. The van der Waals surface area contributed by atoms with Crippen LogP contribution in [0.2, 0.25) is 0 Å². The van der Waals surface area contributed by atoms with Crippen molar-refractivity contribution in [1.82, 2.24) is 4.98 Å². The summed E-state index contributed by atoms with van der Waals surface area (Å²) >= 11 is 0. The number of carbonyl (C=O) groups is 1. The van der Waals surface area contributed by atoms with E-state index in [1.54, 1.807) is 12.3 Å². The number of para-hydroxylation sites is 1. The highest BCUT2D eigenvalue weighted by atomic mass is 16.4. The van der Waals surface area contributed by atoms with Gasteiger partial charge in [-0.2, -0.15) is 0 Å². The van der Waals surface area contributed by atoms with Crippen LogP contribution in [0.25, 0.3) is 17.0 Å². The number of carboxylic acids is 1. The Kier molecular flexibility index (Phi) is 2.46. The van der Waals surface area contributed by atoms with Gasteiger partial charge in [-0.25, -0.2) is 0 Å². The summed E-state index contributed by atoms with van der Waals surface area (Å²) < 4.78 is 0. The first-order valence-corrected chi connectivity index (χ1v) is 4.50. The first-order chi connectivity index (χ1) is 7.27. The molecule has 3 nitrogen and oxygen atoms in total. The Balaban J connectivity index is 2.56. The third-order valence-corrected chi connectivity index (χ3v) is 2.08.